The second kappa shape index (κ2) is 5.31. The van der Waals surface area contributed by atoms with Gasteiger partial charge in [-0.25, -0.2) is 0 Å². The molecule has 0 aromatic heterocycles. The summed E-state index contributed by atoms with van der Waals surface area (Å²) in [7, 11) is 0. The van der Waals surface area contributed by atoms with Gasteiger partial charge >= 0.3 is 0 Å². The number of rotatable bonds is 3. The number of ketones is 1. The van der Waals surface area contributed by atoms with E-state index in [0.717, 1.165) is 18.4 Å². The van der Waals surface area contributed by atoms with E-state index >= 15 is 0 Å². The van der Waals surface area contributed by atoms with E-state index in [2.05, 4.69) is 11.8 Å². The Bertz CT molecular complexity index is 243. The predicted molar refractivity (Wildman–Crippen MR) is 66.4 cm³/mol. The number of hydrogen-bond acceptors (Lipinski definition) is 2. The van der Waals surface area contributed by atoms with Crippen LogP contribution in [0.2, 0.25) is 0 Å². The van der Waals surface area contributed by atoms with Gasteiger partial charge in [-0.1, -0.05) is 6.92 Å². The smallest absolute Gasteiger partial charge is 0.130 e. The molecule has 2 nitrogen and oxygen atoms in total. The molecule has 2 fully saturated rings. The van der Waals surface area contributed by atoms with Crippen LogP contribution in [-0.2, 0) is 4.79 Å². The summed E-state index contributed by atoms with van der Waals surface area (Å²) in [6, 6.07) is 0.827. The third kappa shape index (κ3) is 3.07. The van der Waals surface area contributed by atoms with Gasteiger partial charge in [0.2, 0.25) is 0 Å². The molecular weight excluding hydrogens is 198 g/mol. The summed E-state index contributed by atoms with van der Waals surface area (Å²) < 4.78 is 0. The molecule has 2 heteroatoms. The van der Waals surface area contributed by atoms with E-state index in [1.807, 2.05) is 0 Å². The molecule has 1 aliphatic carbocycles. The predicted octanol–water partition coefficient (Wildman–Crippen LogP) is 2.87. The van der Waals surface area contributed by atoms with Gasteiger partial charge in [0, 0.05) is 19.0 Å². The van der Waals surface area contributed by atoms with Crippen LogP contribution < -0.4 is 0 Å². The molecule has 1 atom stereocenters. The molecule has 1 saturated heterocycles. The number of nitrogens with zero attached hydrogens (tertiary/aromatic N) is 1. The molecule has 2 rings (SSSR count). The Morgan fingerprint density at radius 2 is 1.88 bits per heavy atom. The minimum Gasteiger partial charge on any atom is -0.300 e. The van der Waals surface area contributed by atoms with Gasteiger partial charge in [-0.3, -0.25) is 0 Å². The van der Waals surface area contributed by atoms with Crippen molar-refractivity contribution in [2.75, 3.05) is 13.1 Å². The van der Waals surface area contributed by atoms with Gasteiger partial charge in [-0.2, -0.15) is 0 Å². The summed E-state index contributed by atoms with van der Waals surface area (Å²) in [6.45, 7) is 6.51. The summed E-state index contributed by atoms with van der Waals surface area (Å²) >= 11 is 0. The highest BCUT2D eigenvalue weighted by Gasteiger charge is 2.30. The highest BCUT2D eigenvalue weighted by atomic mass is 16.1. The van der Waals surface area contributed by atoms with E-state index in [-0.39, 0.29) is 0 Å². The molecule has 0 aromatic carbocycles. The van der Waals surface area contributed by atoms with Crippen LogP contribution in [0.25, 0.3) is 0 Å². The molecule has 0 bridgehead atoms. The first-order valence-corrected chi connectivity index (χ1v) is 6.88. The topological polar surface area (TPSA) is 20.3 Å². The summed E-state index contributed by atoms with van der Waals surface area (Å²) in [6.07, 6.45) is 7.62. The van der Waals surface area contributed by atoms with Gasteiger partial charge in [-0.05, 0) is 57.4 Å². The number of hydrogen-bond donors (Lipinski definition) is 0. The Hall–Kier alpha value is -0.370. The minimum absolute atomic E-state index is 0.365. The molecule has 0 N–H and O–H groups in total. The fourth-order valence-corrected chi connectivity index (χ4v) is 3.38. The second-order valence-corrected chi connectivity index (χ2v) is 5.97. The molecule has 1 aliphatic heterocycles. The highest BCUT2D eigenvalue weighted by molar-refractivity contribution is 5.75. The molecular formula is C14H25NO. The standard InChI is InChI=1S/C14H25NO/c1-11-3-5-14(6-4-11)15-8-7-13(10-15)9-12(2)16/h11,13-14H,3-10H2,1-2H3. The molecule has 16 heavy (non-hydrogen) atoms. The summed E-state index contributed by atoms with van der Waals surface area (Å²) in [5, 5.41) is 0. The van der Waals surface area contributed by atoms with E-state index in [4.69, 9.17) is 0 Å². The zero-order valence-electron chi connectivity index (χ0n) is 10.7. The lowest BCUT2D eigenvalue weighted by Crippen LogP contribution is -2.36. The summed E-state index contributed by atoms with van der Waals surface area (Å²) in [5.41, 5.74) is 0. The Morgan fingerprint density at radius 3 is 2.50 bits per heavy atom. The van der Waals surface area contributed by atoms with Crippen molar-refractivity contribution in [2.24, 2.45) is 11.8 Å². The van der Waals surface area contributed by atoms with Gasteiger partial charge in [0.25, 0.3) is 0 Å². The first-order valence-electron chi connectivity index (χ1n) is 6.88. The largest absolute Gasteiger partial charge is 0.300 e. The summed E-state index contributed by atoms with van der Waals surface area (Å²) in [4.78, 5) is 13.8. The maximum Gasteiger partial charge on any atom is 0.130 e. The lowest BCUT2D eigenvalue weighted by Gasteiger charge is -2.33. The van der Waals surface area contributed by atoms with Crippen molar-refractivity contribution in [3.8, 4) is 0 Å². The van der Waals surface area contributed by atoms with E-state index in [1.54, 1.807) is 6.92 Å². The quantitative estimate of drug-likeness (QED) is 0.733. The minimum atomic E-state index is 0.365. The molecule has 0 spiro atoms. The molecule has 1 heterocycles. The van der Waals surface area contributed by atoms with Crippen molar-refractivity contribution in [1.82, 2.24) is 4.90 Å². The third-order valence-corrected chi connectivity index (χ3v) is 4.40. The number of likely N-dealkylation sites (tertiary alicyclic amines) is 1. The average molecular weight is 223 g/mol. The summed E-state index contributed by atoms with van der Waals surface area (Å²) in [5.74, 6) is 1.95. The first kappa shape index (κ1) is 12.1. The lowest BCUT2D eigenvalue weighted by molar-refractivity contribution is -0.117. The van der Waals surface area contributed by atoms with E-state index in [0.29, 0.717) is 11.7 Å². The Balaban J connectivity index is 1.77. The van der Waals surface area contributed by atoms with Crippen LogP contribution in [0.1, 0.15) is 52.4 Å². The fraction of sp³-hybridized carbons (Fsp3) is 0.929. The van der Waals surface area contributed by atoms with Crippen molar-refractivity contribution in [2.45, 2.75) is 58.4 Å². The molecule has 1 saturated carbocycles. The van der Waals surface area contributed by atoms with E-state index < -0.39 is 0 Å². The molecule has 0 radical (unpaired) electrons. The lowest BCUT2D eigenvalue weighted by atomic mass is 9.87. The highest BCUT2D eigenvalue weighted by Crippen LogP contribution is 2.31. The van der Waals surface area contributed by atoms with Crippen molar-refractivity contribution >= 4 is 5.78 Å². The van der Waals surface area contributed by atoms with Crippen molar-refractivity contribution in [3.05, 3.63) is 0 Å². The van der Waals surface area contributed by atoms with Crippen molar-refractivity contribution in [1.29, 1.82) is 0 Å². The van der Waals surface area contributed by atoms with Crippen LogP contribution in [0.4, 0.5) is 0 Å². The monoisotopic (exact) mass is 223 g/mol. The molecule has 0 aromatic rings. The van der Waals surface area contributed by atoms with Gasteiger partial charge in [-0.15, -0.1) is 0 Å². The molecule has 1 unspecified atom stereocenters. The normalized spacial score (nSPS) is 36.5. The zero-order valence-corrected chi connectivity index (χ0v) is 10.7. The van der Waals surface area contributed by atoms with Crippen LogP contribution in [0, 0.1) is 11.8 Å². The molecule has 92 valence electrons. The molecule has 2 aliphatic rings. The number of Topliss-reactive ketones (excluding diaryl/α,β-unsaturated/α-hetero) is 1. The van der Waals surface area contributed by atoms with Gasteiger partial charge < -0.3 is 9.69 Å². The van der Waals surface area contributed by atoms with Crippen LogP contribution in [0.15, 0.2) is 0 Å². The fourth-order valence-electron chi connectivity index (χ4n) is 3.38. The van der Waals surface area contributed by atoms with Gasteiger partial charge in [0.05, 0.1) is 0 Å². The maximum atomic E-state index is 11.1. The maximum absolute atomic E-state index is 11.1. The van der Waals surface area contributed by atoms with Gasteiger partial charge in [0.1, 0.15) is 5.78 Å². The third-order valence-electron chi connectivity index (χ3n) is 4.40. The van der Waals surface area contributed by atoms with Crippen LogP contribution in [-0.4, -0.2) is 29.8 Å². The second-order valence-electron chi connectivity index (χ2n) is 5.97. The van der Waals surface area contributed by atoms with Crippen LogP contribution >= 0.6 is 0 Å². The van der Waals surface area contributed by atoms with Crippen molar-refractivity contribution < 1.29 is 4.79 Å². The Kier molecular flexibility index (Phi) is 4.01. The molecule has 0 amide bonds. The zero-order chi connectivity index (χ0) is 11.5. The van der Waals surface area contributed by atoms with Crippen LogP contribution in [0.5, 0.6) is 0 Å². The SMILES string of the molecule is CC(=O)CC1CCN(C2CCC(C)CC2)C1. The average Bonchev–Trinajstić information content (AvgIpc) is 2.66. The number of carbonyl (C=O) groups is 1. The Labute approximate surface area is 99.4 Å². The number of carbonyl (C=O) groups excluding carboxylic acids is 1. The van der Waals surface area contributed by atoms with E-state index in [9.17, 15) is 4.79 Å². The Morgan fingerprint density at radius 1 is 1.19 bits per heavy atom. The first-order chi connectivity index (χ1) is 7.65. The van der Waals surface area contributed by atoms with Crippen molar-refractivity contribution in [3.63, 3.8) is 0 Å². The van der Waals surface area contributed by atoms with Gasteiger partial charge in [0.15, 0.2) is 0 Å². The van der Waals surface area contributed by atoms with Crippen LogP contribution in [0.3, 0.4) is 0 Å². The van der Waals surface area contributed by atoms with E-state index in [1.165, 1.54) is 45.2 Å².